The van der Waals surface area contributed by atoms with Crippen molar-refractivity contribution in [2.45, 2.75) is 91.3 Å². The maximum atomic E-state index is 12.6. The Morgan fingerprint density at radius 3 is 1.24 bits per heavy atom. The minimum absolute atomic E-state index is 0.161. The van der Waals surface area contributed by atoms with Crippen LogP contribution in [-0.2, 0) is 9.47 Å². The standard InChI is InChI=1S/C32H50N4O6/c1-31(2,3)41-29(39)35-19-13-23(14-20-35)11-17-33-27(37)25-7-9-26(10-8-25)28(38)34-18-12-24-15-21-36(22-16-24)30(40)42-32(4,5)6/h7-10,23-24H,11-22H2,1-6H3,(H,33,37)(H,34,38). The quantitative estimate of drug-likeness (QED) is 0.431. The molecule has 2 heterocycles. The predicted molar refractivity (Wildman–Crippen MR) is 161 cm³/mol. The maximum absolute atomic E-state index is 12.6. The highest BCUT2D eigenvalue weighted by molar-refractivity contribution is 5.97. The van der Waals surface area contributed by atoms with Gasteiger partial charge in [0.05, 0.1) is 0 Å². The molecule has 2 saturated heterocycles. The van der Waals surface area contributed by atoms with Gasteiger partial charge in [0.25, 0.3) is 11.8 Å². The van der Waals surface area contributed by atoms with Crippen molar-refractivity contribution in [2.24, 2.45) is 11.8 Å². The first kappa shape index (κ1) is 33.2. The highest BCUT2D eigenvalue weighted by atomic mass is 16.6. The zero-order chi connectivity index (χ0) is 30.9. The Hall–Kier alpha value is -3.30. The van der Waals surface area contributed by atoms with Crippen molar-refractivity contribution in [1.82, 2.24) is 20.4 Å². The fourth-order valence-corrected chi connectivity index (χ4v) is 5.22. The summed E-state index contributed by atoms with van der Waals surface area (Å²) in [5.41, 5.74) is 0.0434. The third kappa shape index (κ3) is 11.2. The summed E-state index contributed by atoms with van der Waals surface area (Å²) in [5.74, 6) is 0.580. The zero-order valence-corrected chi connectivity index (χ0v) is 26.3. The lowest BCUT2D eigenvalue weighted by Crippen LogP contribution is -2.42. The van der Waals surface area contributed by atoms with Crippen LogP contribution in [0.5, 0.6) is 0 Å². The first-order chi connectivity index (χ1) is 19.7. The van der Waals surface area contributed by atoms with Crippen molar-refractivity contribution in [2.75, 3.05) is 39.3 Å². The van der Waals surface area contributed by atoms with E-state index in [9.17, 15) is 19.2 Å². The Kier molecular flexibility index (Phi) is 11.7. The van der Waals surface area contributed by atoms with Gasteiger partial charge in [-0.2, -0.15) is 0 Å². The van der Waals surface area contributed by atoms with E-state index in [1.165, 1.54) is 0 Å². The number of ether oxygens (including phenoxy) is 2. The fourth-order valence-electron chi connectivity index (χ4n) is 5.22. The molecule has 0 aromatic heterocycles. The van der Waals surface area contributed by atoms with Gasteiger partial charge in [0.1, 0.15) is 11.2 Å². The van der Waals surface area contributed by atoms with E-state index in [1.54, 1.807) is 34.1 Å². The van der Waals surface area contributed by atoms with Gasteiger partial charge < -0.3 is 29.9 Å². The monoisotopic (exact) mass is 586 g/mol. The predicted octanol–water partition coefficient (Wildman–Crippen LogP) is 5.22. The van der Waals surface area contributed by atoms with Crippen LogP contribution >= 0.6 is 0 Å². The smallest absolute Gasteiger partial charge is 0.410 e. The van der Waals surface area contributed by atoms with Gasteiger partial charge in [-0.05, 0) is 116 Å². The lowest BCUT2D eigenvalue weighted by atomic mass is 9.93. The van der Waals surface area contributed by atoms with Crippen LogP contribution in [0.1, 0.15) is 101 Å². The maximum Gasteiger partial charge on any atom is 0.410 e. The van der Waals surface area contributed by atoms with E-state index in [-0.39, 0.29) is 24.0 Å². The van der Waals surface area contributed by atoms with Crippen LogP contribution in [0.2, 0.25) is 0 Å². The summed E-state index contributed by atoms with van der Waals surface area (Å²) in [6, 6.07) is 6.71. The number of rotatable bonds is 8. The summed E-state index contributed by atoms with van der Waals surface area (Å²) in [6.07, 6.45) is 4.76. The average molecular weight is 587 g/mol. The molecule has 2 aliphatic heterocycles. The van der Waals surface area contributed by atoms with E-state index >= 15 is 0 Å². The van der Waals surface area contributed by atoms with Gasteiger partial charge in [-0.15, -0.1) is 0 Å². The second-order valence-electron chi connectivity index (χ2n) is 13.5. The molecule has 10 heteroatoms. The van der Waals surface area contributed by atoms with Crippen molar-refractivity contribution in [3.8, 4) is 0 Å². The Morgan fingerprint density at radius 2 is 0.952 bits per heavy atom. The molecular formula is C32H50N4O6. The number of carbonyl (C=O) groups excluding carboxylic acids is 4. The molecule has 42 heavy (non-hydrogen) atoms. The molecule has 0 aliphatic carbocycles. The van der Waals surface area contributed by atoms with Gasteiger partial charge in [-0.1, -0.05) is 0 Å². The molecule has 2 N–H and O–H groups in total. The van der Waals surface area contributed by atoms with Gasteiger partial charge in [-0.3, -0.25) is 9.59 Å². The number of nitrogens with zero attached hydrogens (tertiary/aromatic N) is 2. The SMILES string of the molecule is CC(C)(C)OC(=O)N1CCC(CCNC(=O)c2ccc(C(=O)NCCC3CCN(C(=O)OC(C)(C)C)CC3)cc2)CC1. The number of nitrogens with one attached hydrogen (secondary N) is 2. The van der Waals surface area contributed by atoms with Crippen molar-refractivity contribution in [1.29, 1.82) is 0 Å². The first-order valence-electron chi connectivity index (χ1n) is 15.3. The van der Waals surface area contributed by atoms with Crippen molar-refractivity contribution in [3.63, 3.8) is 0 Å². The second kappa shape index (κ2) is 14.7. The molecule has 10 nitrogen and oxygen atoms in total. The topological polar surface area (TPSA) is 117 Å². The molecule has 1 aromatic carbocycles. The van der Waals surface area contributed by atoms with Crippen LogP contribution < -0.4 is 10.6 Å². The summed E-state index contributed by atoms with van der Waals surface area (Å²) >= 11 is 0. The third-order valence-electron chi connectivity index (χ3n) is 7.62. The Bertz CT molecular complexity index is 975. The fraction of sp³-hybridized carbons (Fsp3) is 0.688. The summed E-state index contributed by atoms with van der Waals surface area (Å²) in [5, 5.41) is 5.95. The molecule has 0 saturated carbocycles. The van der Waals surface area contributed by atoms with Crippen molar-refractivity contribution >= 4 is 24.0 Å². The lowest BCUT2D eigenvalue weighted by Gasteiger charge is -2.33. The normalized spacial score (nSPS) is 17.0. The summed E-state index contributed by atoms with van der Waals surface area (Å²) in [4.78, 5) is 53.2. The molecule has 4 amide bonds. The summed E-state index contributed by atoms with van der Waals surface area (Å²) < 4.78 is 10.9. The van der Waals surface area contributed by atoms with Crippen LogP contribution in [0.25, 0.3) is 0 Å². The van der Waals surface area contributed by atoms with Crippen LogP contribution in [0.3, 0.4) is 0 Å². The first-order valence-corrected chi connectivity index (χ1v) is 15.3. The molecule has 234 valence electrons. The van der Waals surface area contributed by atoms with Crippen molar-refractivity contribution < 1.29 is 28.7 Å². The molecule has 0 radical (unpaired) electrons. The number of hydrogen-bond acceptors (Lipinski definition) is 6. The molecule has 0 spiro atoms. The number of amides is 4. The molecule has 0 atom stereocenters. The van der Waals surface area contributed by atoms with Crippen LogP contribution in [-0.4, -0.2) is 84.3 Å². The largest absolute Gasteiger partial charge is 0.444 e. The number of benzene rings is 1. The van der Waals surface area contributed by atoms with Crippen LogP contribution in [0.15, 0.2) is 24.3 Å². The molecule has 1 aromatic rings. The molecule has 0 bridgehead atoms. The molecule has 2 aliphatic rings. The Labute approximate surface area is 250 Å². The van der Waals surface area contributed by atoms with Crippen LogP contribution in [0, 0.1) is 11.8 Å². The lowest BCUT2D eigenvalue weighted by molar-refractivity contribution is 0.0171. The number of hydrogen-bond donors (Lipinski definition) is 2. The average Bonchev–Trinajstić information content (AvgIpc) is 2.92. The minimum atomic E-state index is -0.495. The number of piperidine rings is 2. The Balaban J connectivity index is 1.30. The number of carbonyl (C=O) groups is 4. The summed E-state index contributed by atoms with van der Waals surface area (Å²) in [7, 11) is 0. The third-order valence-corrected chi connectivity index (χ3v) is 7.62. The minimum Gasteiger partial charge on any atom is -0.444 e. The second-order valence-corrected chi connectivity index (χ2v) is 13.5. The molecule has 0 unspecified atom stereocenters. The van der Waals surface area contributed by atoms with E-state index in [4.69, 9.17) is 9.47 Å². The van der Waals surface area contributed by atoms with Gasteiger partial charge in [-0.25, -0.2) is 9.59 Å². The Morgan fingerprint density at radius 1 is 0.643 bits per heavy atom. The van der Waals surface area contributed by atoms with E-state index in [2.05, 4.69) is 10.6 Å². The van der Waals surface area contributed by atoms with Gasteiger partial charge in [0, 0.05) is 50.4 Å². The van der Waals surface area contributed by atoms with E-state index < -0.39 is 11.2 Å². The van der Waals surface area contributed by atoms with E-state index in [0.29, 0.717) is 62.2 Å². The van der Waals surface area contributed by atoms with E-state index in [1.807, 2.05) is 41.5 Å². The number of likely N-dealkylation sites (tertiary alicyclic amines) is 2. The zero-order valence-electron chi connectivity index (χ0n) is 26.3. The van der Waals surface area contributed by atoms with Crippen molar-refractivity contribution in [3.05, 3.63) is 35.4 Å². The highest BCUT2D eigenvalue weighted by Gasteiger charge is 2.28. The van der Waals surface area contributed by atoms with Gasteiger partial charge in [0.2, 0.25) is 0 Å². The van der Waals surface area contributed by atoms with Gasteiger partial charge >= 0.3 is 12.2 Å². The highest BCUT2D eigenvalue weighted by Crippen LogP contribution is 2.23. The van der Waals surface area contributed by atoms with E-state index in [0.717, 1.165) is 38.5 Å². The van der Waals surface area contributed by atoms with Crippen LogP contribution in [0.4, 0.5) is 9.59 Å². The molecule has 3 rings (SSSR count). The summed E-state index contributed by atoms with van der Waals surface area (Å²) in [6.45, 7) is 15.0. The van der Waals surface area contributed by atoms with Gasteiger partial charge in [0.15, 0.2) is 0 Å². The molecule has 2 fully saturated rings. The molecular weight excluding hydrogens is 536 g/mol.